The van der Waals surface area contributed by atoms with Crippen molar-refractivity contribution in [3.8, 4) is 0 Å². The summed E-state index contributed by atoms with van der Waals surface area (Å²) in [5.41, 5.74) is 0.706. The molecule has 2 saturated carbocycles. The number of rotatable bonds is 3. The summed E-state index contributed by atoms with van der Waals surface area (Å²) in [5.74, 6) is 0.484. The van der Waals surface area contributed by atoms with Crippen LogP contribution in [0.5, 0.6) is 0 Å². The standard InChI is InChI=1S/C19H25ClO2/c1-5-16(21)22-19(13-6-8-15(20)9-7-13)12-14-10-11-18(19,4)17(14,2)3/h6-9,14H,5,10-12H2,1-4H3/t14?,18?,19-/m0/s1. The van der Waals surface area contributed by atoms with Crippen molar-refractivity contribution in [1.82, 2.24) is 0 Å². The minimum Gasteiger partial charge on any atom is -0.454 e. The van der Waals surface area contributed by atoms with E-state index in [1.807, 2.05) is 31.2 Å². The van der Waals surface area contributed by atoms with Gasteiger partial charge in [-0.05, 0) is 48.3 Å². The maximum absolute atomic E-state index is 12.2. The van der Waals surface area contributed by atoms with Crippen LogP contribution in [0.2, 0.25) is 5.02 Å². The predicted octanol–water partition coefficient (Wildman–Crippen LogP) is 5.33. The third-order valence-corrected chi connectivity index (χ3v) is 7.00. The van der Waals surface area contributed by atoms with Gasteiger partial charge in [-0.3, -0.25) is 4.79 Å². The Balaban J connectivity index is 2.14. The van der Waals surface area contributed by atoms with Crippen molar-refractivity contribution in [3.05, 3.63) is 34.9 Å². The molecule has 2 bridgehead atoms. The van der Waals surface area contributed by atoms with Crippen molar-refractivity contribution in [2.45, 2.75) is 59.0 Å². The van der Waals surface area contributed by atoms with Crippen LogP contribution in [0.25, 0.3) is 0 Å². The number of carbonyl (C=O) groups excluding carboxylic acids is 1. The fraction of sp³-hybridized carbons (Fsp3) is 0.632. The van der Waals surface area contributed by atoms with Crippen molar-refractivity contribution < 1.29 is 9.53 Å². The molecule has 0 amide bonds. The number of benzene rings is 1. The number of esters is 1. The Hall–Kier alpha value is -1.02. The van der Waals surface area contributed by atoms with E-state index in [1.165, 1.54) is 6.42 Å². The van der Waals surface area contributed by atoms with E-state index in [9.17, 15) is 4.79 Å². The van der Waals surface area contributed by atoms with E-state index in [0.717, 1.165) is 18.4 Å². The molecule has 3 heteroatoms. The summed E-state index contributed by atoms with van der Waals surface area (Å²) < 4.78 is 6.16. The minimum atomic E-state index is -0.517. The van der Waals surface area contributed by atoms with Crippen molar-refractivity contribution in [2.75, 3.05) is 0 Å². The molecule has 0 radical (unpaired) electrons. The number of carbonyl (C=O) groups is 1. The largest absolute Gasteiger partial charge is 0.454 e. The van der Waals surface area contributed by atoms with Gasteiger partial charge >= 0.3 is 5.97 Å². The lowest BCUT2D eigenvalue weighted by molar-refractivity contribution is -0.182. The summed E-state index contributed by atoms with van der Waals surface area (Å²) in [4.78, 5) is 12.2. The fourth-order valence-electron chi connectivity index (χ4n) is 4.88. The number of halogens is 1. The van der Waals surface area contributed by atoms with Gasteiger partial charge in [-0.25, -0.2) is 0 Å². The Labute approximate surface area is 138 Å². The molecular weight excluding hydrogens is 296 g/mol. The lowest BCUT2D eigenvalue weighted by Crippen LogP contribution is -2.48. The summed E-state index contributed by atoms with van der Waals surface area (Å²) >= 11 is 6.06. The third kappa shape index (κ3) is 1.89. The zero-order valence-electron chi connectivity index (χ0n) is 13.9. The maximum atomic E-state index is 12.2. The van der Waals surface area contributed by atoms with Crippen LogP contribution in [-0.4, -0.2) is 5.97 Å². The first kappa shape index (κ1) is 15.9. The Kier molecular flexibility index (Phi) is 3.60. The van der Waals surface area contributed by atoms with Gasteiger partial charge in [0.15, 0.2) is 0 Å². The zero-order valence-corrected chi connectivity index (χ0v) is 14.7. The molecule has 0 N–H and O–H groups in total. The molecule has 2 aliphatic carbocycles. The second kappa shape index (κ2) is 4.99. The van der Waals surface area contributed by atoms with E-state index < -0.39 is 5.60 Å². The van der Waals surface area contributed by atoms with Crippen LogP contribution < -0.4 is 0 Å². The third-order valence-electron chi connectivity index (χ3n) is 6.75. The Morgan fingerprint density at radius 1 is 1.27 bits per heavy atom. The average molecular weight is 321 g/mol. The molecule has 2 aliphatic rings. The van der Waals surface area contributed by atoms with Crippen molar-refractivity contribution in [1.29, 1.82) is 0 Å². The molecule has 0 spiro atoms. The van der Waals surface area contributed by atoms with E-state index in [1.54, 1.807) is 0 Å². The van der Waals surface area contributed by atoms with Gasteiger partial charge in [0.1, 0.15) is 5.60 Å². The summed E-state index contributed by atoms with van der Waals surface area (Å²) in [7, 11) is 0. The van der Waals surface area contributed by atoms with E-state index in [4.69, 9.17) is 16.3 Å². The van der Waals surface area contributed by atoms with Crippen molar-refractivity contribution in [2.24, 2.45) is 16.7 Å². The lowest BCUT2D eigenvalue weighted by Gasteiger charge is -2.48. The topological polar surface area (TPSA) is 26.3 Å². The highest BCUT2D eigenvalue weighted by atomic mass is 35.5. The molecule has 1 aromatic rings. The minimum absolute atomic E-state index is 0.0384. The highest BCUT2D eigenvalue weighted by Gasteiger charge is 2.71. The van der Waals surface area contributed by atoms with Gasteiger partial charge in [0.25, 0.3) is 0 Å². The maximum Gasteiger partial charge on any atom is 0.306 e. The first-order valence-corrected chi connectivity index (χ1v) is 8.62. The SMILES string of the molecule is CCC(=O)O[C@]1(c2ccc(Cl)cc2)CC2CCC1(C)C2(C)C. The molecule has 0 heterocycles. The Morgan fingerprint density at radius 2 is 1.91 bits per heavy atom. The van der Waals surface area contributed by atoms with Crippen LogP contribution in [0, 0.1) is 16.7 Å². The molecule has 2 nitrogen and oxygen atoms in total. The fourth-order valence-corrected chi connectivity index (χ4v) is 5.01. The van der Waals surface area contributed by atoms with Gasteiger partial charge in [0.2, 0.25) is 0 Å². The summed E-state index contributed by atoms with van der Waals surface area (Å²) in [5, 5.41) is 0.716. The monoisotopic (exact) mass is 320 g/mol. The first-order valence-electron chi connectivity index (χ1n) is 8.25. The molecule has 120 valence electrons. The van der Waals surface area contributed by atoms with Gasteiger partial charge in [-0.2, -0.15) is 0 Å². The Morgan fingerprint density at radius 3 is 2.36 bits per heavy atom. The predicted molar refractivity (Wildman–Crippen MR) is 88.7 cm³/mol. The second-order valence-electron chi connectivity index (χ2n) is 7.66. The summed E-state index contributed by atoms with van der Waals surface area (Å²) in [6, 6.07) is 7.88. The van der Waals surface area contributed by atoms with Gasteiger partial charge in [0.05, 0.1) is 0 Å². The molecule has 0 saturated heterocycles. The van der Waals surface area contributed by atoms with Crippen LogP contribution >= 0.6 is 11.6 Å². The van der Waals surface area contributed by atoms with E-state index in [-0.39, 0.29) is 16.8 Å². The van der Waals surface area contributed by atoms with Crippen LogP contribution in [0.15, 0.2) is 24.3 Å². The summed E-state index contributed by atoms with van der Waals surface area (Å²) in [6.45, 7) is 8.83. The van der Waals surface area contributed by atoms with Crippen LogP contribution in [0.3, 0.4) is 0 Å². The van der Waals surface area contributed by atoms with Crippen LogP contribution in [0.1, 0.15) is 58.9 Å². The highest BCUT2D eigenvalue weighted by Crippen LogP contribution is 2.73. The molecule has 3 atom stereocenters. The molecule has 1 aromatic carbocycles. The van der Waals surface area contributed by atoms with Gasteiger partial charge in [-0.1, -0.05) is 51.4 Å². The smallest absolute Gasteiger partial charge is 0.306 e. The Bertz CT molecular complexity index is 592. The molecule has 0 aliphatic heterocycles. The first-order chi connectivity index (χ1) is 10.3. The van der Waals surface area contributed by atoms with E-state index in [0.29, 0.717) is 17.4 Å². The molecule has 0 aromatic heterocycles. The van der Waals surface area contributed by atoms with Gasteiger partial charge < -0.3 is 4.74 Å². The normalized spacial score (nSPS) is 35.6. The van der Waals surface area contributed by atoms with Gasteiger partial charge in [-0.15, -0.1) is 0 Å². The van der Waals surface area contributed by atoms with E-state index in [2.05, 4.69) is 20.8 Å². The lowest BCUT2D eigenvalue weighted by atomic mass is 9.62. The molecular formula is C19H25ClO2. The van der Waals surface area contributed by atoms with Crippen LogP contribution in [0.4, 0.5) is 0 Å². The molecule has 3 rings (SSSR count). The molecule has 22 heavy (non-hydrogen) atoms. The van der Waals surface area contributed by atoms with Crippen molar-refractivity contribution in [3.63, 3.8) is 0 Å². The molecule has 2 fully saturated rings. The second-order valence-corrected chi connectivity index (χ2v) is 8.09. The summed E-state index contributed by atoms with van der Waals surface area (Å²) in [6.07, 6.45) is 3.66. The number of fused-ring (bicyclic) bond motifs is 2. The van der Waals surface area contributed by atoms with Gasteiger partial charge in [0, 0.05) is 16.9 Å². The van der Waals surface area contributed by atoms with Crippen LogP contribution in [-0.2, 0) is 15.1 Å². The number of hydrogen-bond donors (Lipinski definition) is 0. The van der Waals surface area contributed by atoms with E-state index >= 15 is 0 Å². The molecule has 2 unspecified atom stereocenters. The zero-order chi connectivity index (χ0) is 16.2. The van der Waals surface area contributed by atoms with Crippen molar-refractivity contribution >= 4 is 17.6 Å². The highest BCUT2D eigenvalue weighted by molar-refractivity contribution is 6.30. The number of hydrogen-bond acceptors (Lipinski definition) is 2. The average Bonchev–Trinajstić information content (AvgIpc) is 2.80. The quantitative estimate of drug-likeness (QED) is 0.703. The number of ether oxygens (including phenoxy) is 1.